The van der Waals surface area contributed by atoms with E-state index in [4.69, 9.17) is 28.2 Å². The Morgan fingerprint density at radius 1 is 1.00 bits per heavy atom. The molecule has 1 saturated carbocycles. The number of aryl methyl sites for hydroxylation is 1. The minimum absolute atomic E-state index is 0.127. The fourth-order valence-corrected chi connectivity index (χ4v) is 6.02. The average molecular weight is 488 g/mol. The summed E-state index contributed by atoms with van der Waals surface area (Å²) in [6, 6.07) is 19.4. The minimum atomic E-state index is -0.127. The molecule has 2 aliphatic rings. The van der Waals surface area contributed by atoms with E-state index in [0.717, 1.165) is 46.3 Å². The number of para-hydroxylation sites is 1. The molecule has 6 rings (SSSR count). The number of halogens is 2. The zero-order valence-electron chi connectivity index (χ0n) is 18.9. The molecule has 2 aromatic heterocycles. The van der Waals surface area contributed by atoms with Crippen LogP contribution >= 0.6 is 23.2 Å². The molecule has 2 aromatic carbocycles. The minimum Gasteiger partial charge on any atom is -0.377 e. The molecule has 0 N–H and O–H groups in total. The van der Waals surface area contributed by atoms with Crippen LogP contribution in [0.4, 0.5) is 0 Å². The molecule has 0 spiro atoms. The van der Waals surface area contributed by atoms with Gasteiger partial charge in [0.2, 0.25) is 0 Å². The number of pyridine rings is 2. The Morgan fingerprint density at radius 2 is 1.79 bits per heavy atom. The fraction of sp³-hybridized carbons (Fsp3) is 0.214. The zero-order chi connectivity index (χ0) is 23.6. The molecule has 0 saturated heterocycles. The van der Waals surface area contributed by atoms with Crippen molar-refractivity contribution in [3.8, 4) is 16.9 Å². The Hall–Kier alpha value is -3.08. The van der Waals surface area contributed by atoms with Crippen molar-refractivity contribution in [1.82, 2.24) is 14.5 Å². The molecule has 170 valence electrons. The van der Waals surface area contributed by atoms with Gasteiger partial charge in [0.05, 0.1) is 27.6 Å². The van der Waals surface area contributed by atoms with E-state index in [9.17, 15) is 4.79 Å². The Morgan fingerprint density at radius 3 is 2.50 bits per heavy atom. The van der Waals surface area contributed by atoms with Crippen molar-refractivity contribution in [2.75, 3.05) is 7.05 Å². The molecule has 2 bridgehead atoms. The molecule has 2 atom stereocenters. The molecule has 1 aliphatic carbocycles. The first-order valence-electron chi connectivity index (χ1n) is 11.4. The van der Waals surface area contributed by atoms with Crippen LogP contribution in [0.3, 0.4) is 0 Å². The Balaban J connectivity index is 1.70. The zero-order valence-corrected chi connectivity index (χ0v) is 20.4. The summed E-state index contributed by atoms with van der Waals surface area (Å²) >= 11 is 13.3. The summed E-state index contributed by atoms with van der Waals surface area (Å²) in [6.45, 7) is 1.97. The van der Waals surface area contributed by atoms with Crippen LogP contribution in [0.2, 0.25) is 10.0 Å². The van der Waals surface area contributed by atoms with Gasteiger partial charge in [-0.25, -0.2) is 0 Å². The first-order chi connectivity index (χ1) is 16.4. The van der Waals surface area contributed by atoms with Crippen molar-refractivity contribution >= 4 is 34.1 Å². The lowest BCUT2D eigenvalue weighted by Crippen LogP contribution is -2.23. The van der Waals surface area contributed by atoms with Gasteiger partial charge in [-0.15, -0.1) is 0 Å². The van der Waals surface area contributed by atoms with Gasteiger partial charge in [-0.3, -0.25) is 14.3 Å². The highest BCUT2D eigenvalue weighted by Crippen LogP contribution is 2.46. The maximum absolute atomic E-state index is 13.3. The average Bonchev–Trinajstić information content (AvgIpc) is 3.39. The van der Waals surface area contributed by atoms with Crippen molar-refractivity contribution in [2.24, 2.45) is 0 Å². The molecular weight excluding hydrogens is 465 g/mol. The van der Waals surface area contributed by atoms with Gasteiger partial charge in [-0.2, -0.15) is 0 Å². The predicted octanol–water partition coefficient (Wildman–Crippen LogP) is 6.74. The molecule has 3 heterocycles. The van der Waals surface area contributed by atoms with E-state index < -0.39 is 0 Å². The van der Waals surface area contributed by atoms with E-state index in [0.29, 0.717) is 21.8 Å². The third-order valence-corrected chi connectivity index (χ3v) is 7.82. The quantitative estimate of drug-likeness (QED) is 0.321. The SMILES string of the molecule is Cc1cccc(Cl)c1-n1c(=O)ccc2c(-c3ccccc3Cl)nc(C3CC4CC3=CN4C)cc21. The smallest absolute Gasteiger partial charge is 0.255 e. The van der Waals surface area contributed by atoms with Crippen molar-refractivity contribution < 1.29 is 0 Å². The summed E-state index contributed by atoms with van der Waals surface area (Å²) < 4.78 is 1.73. The lowest BCUT2D eigenvalue weighted by atomic mass is 9.95. The molecule has 1 fully saturated rings. The summed E-state index contributed by atoms with van der Waals surface area (Å²) in [5.74, 6) is 0.225. The van der Waals surface area contributed by atoms with Crippen LogP contribution in [0.15, 0.2) is 77.2 Å². The summed E-state index contributed by atoms with van der Waals surface area (Å²) in [4.78, 5) is 20.8. The third-order valence-electron chi connectivity index (χ3n) is 7.18. The van der Waals surface area contributed by atoms with Gasteiger partial charge in [0.15, 0.2) is 0 Å². The summed E-state index contributed by atoms with van der Waals surface area (Å²) in [5.41, 5.74) is 6.30. The van der Waals surface area contributed by atoms with Crippen molar-refractivity contribution in [2.45, 2.75) is 31.7 Å². The molecule has 6 heteroatoms. The van der Waals surface area contributed by atoms with Crippen LogP contribution in [0.5, 0.6) is 0 Å². The summed E-state index contributed by atoms with van der Waals surface area (Å²) in [5, 5.41) is 2.04. The number of fused-ring (bicyclic) bond motifs is 3. The Bertz CT molecular complexity index is 1540. The van der Waals surface area contributed by atoms with E-state index in [1.54, 1.807) is 10.6 Å². The maximum atomic E-state index is 13.3. The summed E-state index contributed by atoms with van der Waals surface area (Å²) in [6.07, 6.45) is 4.33. The van der Waals surface area contributed by atoms with Gasteiger partial charge in [-0.05, 0) is 61.4 Å². The van der Waals surface area contributed by atoms with Crippen LogP contribution in [0, 0.1) is 6.92 Å². The number of nitrogens with zero attached hydrogens (tertiary/aromatic N) is 3. The lowest BCUT2D eigenvalue weighted by Gasteiger charge is -2.25. The molecule has 4 nitrogen and oxygen atoms in total. The lowest BCUT2D eigenvalue weighted by molar-refractivity contribution is 0.340. The van der Waals surface area contributed by atoms with Gasteiger partial charge in [-0.1, -0.05) is 53.5 Å². The molecule has 0 amide bonds. The van der Waals surface area contributed by atoms with Crippen molar-refractivity contribution in [3.05, 3.63) is 104 Å². The second kappa shape index (κ2) is 8.00. The number of rotatable bonds is 3. The van der Waals surface area contributed by atoms with Crippen LogP contribution in [-0.2, 0) is 0 Å². The maximum Gasteiger partial charge on any atom is 0.255 e. The van der Waals surface area contributed by atoms with Gasteiger partial charge in [0.1, 0.15) is 0 Å². The highest BCUT2D eigenvalue weighted by Gasteiger charge is 2.38. The molecule has 34 heavy (non-hydrogen) atoms. The number of hydrogen-bond donors (Lipinski definition) is 0. The monoisotopic (exact) mass is 487 g/mol. The predicted molar refractivity (Wildman–Crippen MR) is 139 cm³/mol. The van der Waals surface area contributed by atoms with Crippen LogP contribution in [0.25, 0.3) is 27.8 Å². The van der Waals surface area contributed by atoms with Gasteiger partial charge in [0.25, 0.3) is 5.56 Å². The summed E-state index contributed by atoms with van der Waals surface area (Å²) in [7, 11) is 2.13. The highest BCUT2D eigenvalue weighted by molar-refractivity contribution is 6.33. The van der Waals surface area contributed by atoms with E-state index in [1.807, 2.05) is 55.5 Å². The molecule has 0 radical (unpaired) electrons. The number of benzene rings is 2. The van der Waals surface area contributed by atoms with Gasteiger partial charge >= 0.3 is 0 Å². The second-order valence-electron chi connectivity index (χ2n) is 9.24. The van der Waals surface area contributed by atoms with Gasteiger partial charge < -0.3 is 4.90 Å². The number of hydrogen-bond acceptors (Lipinski definition) is 3. The van der Waals surface area contributed by atoms with Crippen molar-refractivity contribution in [3.63, 3.8) is 0 Å². The van der Waals surface area contributed by atoms with Gasteiger partial charge in [0, 0.05) is 41.0 Å². The standard InChI is InChI=1S/C28H23Cl2N3O/c1-16-6-5-9-23(30)28(16)33-25-14-24(21-13-18-12-17(21)15-32(18)2)31-27(20(25)10-11-26(33)34)19-7-3-4-8-22(19)29/h3-11,14-15,18,21H,12-13H2,1-2H3. The Kier molecular flexibility index (Phi) is 5.05. The third kappa shape index (κ3) is 3.28. The highest BCUT2D eigenvalue weighted by atomic mass is 35.5. The largest absolute Gasteiger partial charge is 0.377 e. The van der Waals surface area contributed by atoms with E-state index in [1.165, 1.54) is 5.57 Å². The van der Waals surface area contributed by atoms with E-state index in [2.05, 4.69) is 24.2 Å². The first kappa shape index (κ1) is 21.5. The molecule has 2 unspecified atom stereocenters. The van der Waals surface area contributed by atoms with Crippen LogP contribution in [0.1, 0.15) is 30.0 Å². The van der Waals surface area contributed by atoms with Crippen LogP contribution in [-0.4, -0.2) is 27.5 Å². The van der Waals surface area contributed by atoms with Crippen molar-refractivity contribution in [1.29, 1.82) is 0 Å². The van der Waals surface area contributed by atoms with Crippen LogP contribution < -0.4 is 5.56 Å². The Labute approximate surface area is 208 Å². The van der Waals surface area contributed by atoms with E-state index >= 15 is 0 Å². The molecular formula is C28H23Cl2N3O. The molecule has 1 aliphatic heterocycles. The number of aromatic nitrogens is 2. The van der Waals surface area contributed by atoms with E-state index in [-0.39, 0.29) is 11.5 Å². The fourth-order valence-electron chi connectivity index (χ4n) is 5.48. The first-order valence-corrected chi connectivity index (χ1v) is 12.2. The second-order valence-corrected chi connectivity index (χ2v) is 10.1. The topological polar surface area (TPSA) is 38.1 Å². The molecule has 4 aromatic rings. The normalized spacial score (nSPS) is 19.2.